The van der Waals surface area contributed by atoms with Gasteiger partial charge in [-0.1, -0.05) is 47.5 Å². The molecule has 0 aromatic heterocycles. The van der Waals surface area contributed by atoms with Crippen LogP contribution in [0, 0.1) is 5.92 Å². The zero-order valence-corrected chi connectivity index (χ0v) is 17.1. The fraction of sp³-hybridized carbons (Fsp3) is 0.263. The van der Waals surface area contributed by atoms with E-state index in [0.29, 0.717) is 16.5 Å². The Morgan fingerprint density at radius 1 is 1.00 bits per heavy atom. The summed E-state index contributed by atoms with van der Waals surface area (Å²) in [6, 6.07) is 14.1. The van der Waals surface area contributed by atoms with Gasteiger partial charge < -0.3 is 5.73 Å². The number of hydrogen-bond acceptors (Lipinski definition) is 3. The van der Waals surface area contributed by atoms with Gasteiger partial charge in [0.25, 0.3) is 10.0 Å². The van der Waals surface area contributed by atoms with Crippen LogP contribution in [-0.4, -0.2) is 26.3 Å². The first-order valence-electron chi connectivity index (χ1n) is 8.18. The van der Waals surface area contributed by atoms with E-state index in [-0.39, 0.29) is 24.5 Å². The minimum absolute atomic E-state index is 0.0667. The number of nitrogens with zero attached hydrogens (tertiary/aromatic N) is 1. The Bertz CT molecular complexity index is 924. The van der Waals surface area contributed by atoms with Gasteiger partial charge in [-0.2, -0.15) is 4.40 Å². The molecule has 1 atom stereocenters. The molecule has 2 N–H and O–H groups in total. The summed E-state index contributed by atoms with van der Waals surface area (Å²) < 4.78 is 26.5. The lowest BCUT2D eigenvalue weighted by atomic mass is 9.91. The summed E-state index contributed by atoms with van der Waals surface area (Å²) >= 11 is 11.7. The topological polar surface area (TPSA) is 89.6 Å². The van der Waals surface area contributed by atoms with Crippen molar-refractivity contribution in [3.63, 3.8) is 0 Å². The van der Waals surface area contributed by atoms with Crippen LogP contribution in [0.2, 0.25) is 10.0 Å². The second-order valence-corrected chi connectivity index (χ2v) is 8.84. The largest absolute Gasteiger partial charge is 0.386 e. The summed E-state index contributed by atoms with van der Waals surface area (Å²) in [6.45, 7) is 0. The van der Waals surface area contributed by atoms with Gasteiger partial charge in [-0.25, -0.2) is 8.42 Å². The van der Waals surface area contributed by atoms with E-state index >= 15 is 0 Å². The van der Waals surface area contributed by atoms with E-state index in [0.717, 1.165) is 17.4 Å². The SMILES string of the molecule is CS(=O)(=O)N=C(N)[C@@H](CC(=O)Cc1ccc(Cl)cc1)Cc1ccc(Cl)cc1. The van der Waals surface area contributed by atoms with E-state index in [1.165, 1.54) is 0 Å². The summed E-state index contributed by atoms with van der Waals surface area (Å²) in [5.41, 5.74) is 7.63. The van der Waals surface area contributed by atoms with E-state index < -0.39 is 15.9 Å². The number of carbonyl (C=O) groups is 1. The lowest BCUT2D eigenvalue weighted by Gasteiger charge is -2.16. The predicted octanol–water partition coefficient (Wildman–Crippen LogP) is 3.67. The number of rotatable bonds is 8. The maximum atomic E-state index is 12.5. The average Bonchev–Trinajstić information content (AvgIpc) is 2.57. The molecule has 0 aliphatic carbocycles. The summed E-state index contributed by atoms with van der Waals surface area (Å²) in [7, 11) is -3.65. The van der Waals surface area contributed by atoms with Crippen LogP contribution in [0.1, 0.15) is 17.5 Å². The third-order valence-corrected chi connectivity index (χ3v) is 4.92. The van der Waals surface area contributed by atoms with E-state index in [4.69, 9.17) is 28.9 Å². The molecule has 0 bridgehead atoms. The molecule has 0 heterocycles. The highest BCUT2D eigenvalue weighted by Gasteiger charge is 2.20. The van der Waals surface area contributed by atoms with Crippen molar-refractivity contribution in [3.05, 3.63) is 69.7 Å². The molecule has 2 aromatic rings. The van der Waals surface area contributed by atoms with Gasteiger partial charge in [-0.05, 0) is 41.8 Å². The summed E-state index contributed by atoms with van der Waals surface area (Å²) in [5, 5.41) is 1.18. The van der Waals surface area contributed by atoms with Gasteiger partial charge in [-0.15, -0.1) is 0 Å². The molecule has 0 spiro atoms. The van der Waals surface area contributed by atoms with Crippen LogP contribution in [0.5, 0.6) is 0 Å². The van der Waals surface area contributed by atoms with Crippen LogP contribution in [0.25, 0.3) is 0 Å². The summed E-state index contributed by atoms with van der Waals surface area (Å²) in [5.74, 6) is -0.666. The fourth-order valence-corrected chi connectivity index (χ4v) is 3.41. The maximum Gasteiger partial charge on any atom is 0.251 e. The maximum absolute atomic E-state index is 12.5. The molecule has 144 valence electrons. The molecule has 0 radical (unpaired) electrons. The quantitative estimate of drug-likeness (QED) is 0.514. The molecule has 0 aliphatic rings. The number of nitrogens with two attached hydrogens (primary N) is 1. The molecular weight excluding hydrogens is 407 g/mol. The fourth-order valence-electron chi connectivity index (χ4n) is 2.63. The molecule has 2 rings (SSSR count). The van der Waals surface area contributed by atoms with Crippen molar-refractivity contribution < 1.29 is 13.2 Å². The minimum Gasteiger partial charge on any atom is -0.386 e. The number of benzene rings is 2. The molecule has 5 nitrogen and oxygen atoms in total. The van der Waals surface area contributed by atoms with Gasteiger partial charge in [-0.3, -0.25) is 4.79 Å². The first kappa shape index (κ1) is 21.4. The third-order valence-electron chi connectivity index (χ3n) is 3.87. The number of hydrogen-bond donors (Lipinski definition) is 1. The van der Waals surface area contributed by atoms with Gasteiger partial charge >= 0.3 is 0 Å². The van der Waals surface area contributed by atoms with Gasteiger partial charge in [0.1, 0.15) is 11.6 Å². The number of carbonyl (C=O) groups excluding carboxylic acids is 1. The van der Waals surface area contributed by atoms with E-state index in [1.54, 1.807) is 36.4 Å². The Labute approximate surface area is 169 Å². The lowest BCUT2D eigenvalue weighted by molar-refractivity contribution is -0.118. The van der Waals surface area contributed by atoms with Crippen LogP contribution >= 0.6 is 23.2 Å². The lowest BCUT2D eigenvalue weighted by Crippen LogP contribution is -2.29. The summed E-state index contributed by atoms with van der Waals surface area (Å²) in [4.78, 5) is 12.5. The highest BCUT2D eigenvalue weighted by Crippen LogP contribution is 2.18. The highest BCUT2D eigenvalue weighted by atomic mass is 35.5. The Morgan fingerprint density at radius 3 is 1.96 bits per heavy atom. The van der Waals surface area contributed by atoms with Crippen LogP contribution in [0.3, 0.4) is 0 Å². The van der Waals surface area contributed by atoms with Crippen LogP contribution < -0.4 is 5.73 Å². The second-order valence-electron chi connectivity index (χ2n) is 6.32. The van der Waals surface area contributed by atoms with Crippen molar-refractivity contribution in [2.75, 3.05) is 6.26 Å². The normalized spacial score (nSPS) is 13.4. The Hall–Kier alpha value is -1.89. The predicted molar refractivity (Wildman–Crippen MR) is 110 cm³/mol. The minimum atomic E-state index is -3.65. The second kappa shape index (κ2) is 9.35. The molecular formula is C19H20Cl2N2O3S. The molecule has 0 unspecified atom stereocenters. The molecule has 0 amide bonds. The highest BCUT2D eigenvalue weighted by molar-refractivity contribution is 7.89. The van der Waals surface area contributed by atoms with Crippen molar-refractivity contribution in [1.82, 2.24) is 0 Å². The first-order valence-corrected chi connectivity index (χ1v) is 10.8. The standard InChI is InChI=1S/C19H20Cl2N2O3S/c1-27(25,26)23-19(22)15(10-13-2-6-16(20)7-3-13)12-18(24)11-14-4-8-17(21)9-5-14/h2-9,15H,10-12H2,1H3,(H2,22,23)/t15-/m1/s1. The van der Waals surface area contributed by atoms with Gasteiger partial charge in [0.15, 0.2) is 0 Å². The summed E-state index contributed by atoms with van der Waals surface area (Å²) in [6.07, 6.45) is 1.64. The molecule has 0 aliphatic heterocycles. The molecule has 0 fully saturated rings. The van der Waals surface area contributed by atoms with Crippen LogP contribution in [0.15, 0.2) is 52.9 Å². The van der Waals surface area contributed by atoms with Crippen molar-refractivity contribution in [2.45, 2.75) is 19.3 Å². The molecule has 0 saturated carbocycles. The Balaban J connectivity index is 2.17. The van der Waals surface area contributed by atoms with Gasteiger partial charge in [0.2, 0.25) is 0 Å². The molecule has 8 heteroatoms. The first-order chi connectivity index (χ1) is 12.6. The monoisotopic (exact) mass is 426 g/mol. The average molecular weight is 427 g/mol. The third kappa shape index (κ3) is 7.71. The van der Waals surface area contributed by atoms with Crippen molar-refractivity contribution >= 4 is 44.8 Å². The van der Waals surface area contributed by atoms with E-state index in [9.17, 15) is 13.2 Å². The number of amidine groups is 1. The number of Topliss-reactive ketones (excluding diaryl/α,β-unsaturated/α-hetero) is 1. The Morgan fingerprint density at radius 2 is 1.48 bits per heavy atom. The van der Waals surface area contributed by atoms with Crippen molar-refractivity contribution in [3.8, 4) is 0 Å². The van der Waals surface area contributed by atoms with Crippen molar-refractivity contribution in [1.29, 1.82) is 0 Å². The zero-order chi connectivity index (χ0) is 20.0. The molecule has 2 aromatic carbocycles. The van der Waals surface area contributed by atoms with E-state index in [2.05, 4.69) is 4.40 Å². The number of sulfonamides is 1. The number of ketones is 1. The van der Waals surface area contributed by atoms with Crippen LogP contribution in [-0.2, 0) is 27.7 Å². The molecule has 27 heavy (non-hydrogen) atoms. The van der Waals surface area contributed by atoms with Gasteiger partial charge in [0, 0.05) is 28.8 Å². The van der Waals surface area contributed by atoms with Gasteiger partial charge in [0.05, 0.1) is 6.26 Å². The number of halogens is 2. The van der Waals surface area contributed by atoms with Crippen LogP contribution in [0.4, 0.5) is 0 Å². The zero-order valence-electron chi connectivity index (χ0n) is 14.7. The van der Waals surface area contributed by atoms with Crippen molar-refractivity contribution in [2.24, 2.45) is 16.0 Å². The Kier molecular flexibility index (Phi) is 7.41. The molecule has 0 saturated heterocycles. The van der Waals surface area contributed by atoms with E-state index in [1.807, 2.05) is 12.1 Å². The smallest absolute Gasteiger partial charge is 0.251 e.